The van der Waals surface area contributed by atoms with Gasteiger partial charge in [-0.2, -0.15) is 0 Å². The van der Waals surface area contributed by atoms with Crippen LogP contribution in [0, 0.1) is 5.92 Å². The molecule has 2 rings (SSSR count). The van der Waals surface area contributed by atoms with Crippen molar-refractivity contribution >= 4 is 37.6 Å². The second-order valence-corrected chi connectivity index (χ2v) is 8.21. The van der Waals surface area contributed by atoms with Crippen LogP contribution in [0.2, 0.25) is 5.15 Å². The van der Waals surface area contributed by atoms with Crippen molar-refractivity contribution in [3.8, 4) is 0 Å². The predicted molar refractivity (Wildman–Crippen MR) is 83.3 cm³/mol. The van der Waals surface area contributed by atoms with Crippen LogP contribution in [0.15, 0.2) is 21.6 Å². The van der Waals surface area contributed by atoms with Crippen LogP contribution in [0.1, 0.15) is 39.0 Å². The van der Waals surface area contributed by atoms with Crippen molar-refractivity contribution in [2.75, 3.05) is 0 Å². The summed E-state index contributed by atoms with van der Waals surface area (Å²) in [6.45, 7) is 1.92. The maximum absolute atomic E-state index is 12.4. The number of hydrogen-bond acceptors (Lipinski definition) is 3. The first kappa shape index (κ1) is 16.2. The van der Waals surface area contributed by atoms with Gasteiger partial charge >= 0.3 is 0 Å². The molecule has 0 spiro atoms. The zero-order valence-electron chi connectivity index (χ0n) is 11.3. The predicted octanol–water partition coefficient (Wildman–Crippen LogP) is 3.74. The van der Waals surface area contributed by atoms with E-state index in [2.05, 4.69) is 25.6 Å². The average Bonchev–Trinajstić information content (AvgIpc) is 2.42. The fourth-order valence-electron chi connectivity index (χ4n) is 2.63. The monoisotopic (exact) mass is 380 g/mol. The van der Waals surface area contributed by atoms with Crippen molar-refractivity contribution in [2.45, 2.75) is 50.0 Å². The summed E-state index contributed by atoms with van der Waals surface area (Å²) in [5, 5.41) is -0.00320. The third kappa shape index (κ3) is 3.93. The highest BCUT2D eigenvalue weighted by atomic mass is 79.9. The lowest BCUT2D eigenvalue weighted by Gasteiger charge is -2.28. The van der Waals surface area contributed by atoms with Crippen molar-refractivity contribution in [1.29, 1.82) is 0 Å². The Morgan fingerprint density at radius 3 is 2.70 bits per heavy atom. The normalized spacial score (nSPS) is 18.9. The molecule has 7 heteroatoms. The first-order valence-corrected chi connectivity index (χ1v) is 9.39. The third-order valence-electron chi connectivity index (χ3n) is 3.76. The standard InChI is InChI=1S/C13H18BrClN2O2S/c1-9(10-5-3-2-4-6-10)17-20(18,19)12-7-11(14)8-16-13(12)15/h7-10,17H,2-6H2,1H3. The topological polar surface area (TPSA) is 59.1 Å². The van der Waals surface area contributed by atoms with Gasteiger partial charge in [-0.25, -0.2) is 18.1 Å². The van der Waals surface area contributed by atoms with E-state index in [0.717, 1.165) is 12.8 Å². The molecule has 0 saturated heterocycles. The van der Waals surface area contributed by atoms with Gasteiger partial charge < -0.3 is 0 Å². The summed E-state index contributed by atoms with van der Waals surface area (Å²) in [7, 11) is -3.64. The highest BCUT2D eigenvalue weighted by molar-refractivity contribution is 9.10. The molecule has 1 unspecified atom stereocenters. The summed E-state index contributed by atoms with van der Waals surface area (Å²) in [5.41, 5.74) is 0. The maximum atomic E-state index is 12.4. The highest BCUT2D eigenvalue weighted by Gasteiger charge is 2.27. The van der Waals surface area contributed by atoms with E-state index in [0.29, 0.717) is 10.4 Å². The Bertz CT molecular complexity index is 574. The summed E-state index contributed by atoms with van der Waals surface area (Å²) in [6, 6.07) is 1.39. The number of sulfonamides is 1. The molecular formula is C13H18BrClN2O2S. The van der Waals surface area contributed by atoms with E-state index >= 15 is 0 Å². The Morgan fingerprint density at radius 1 is 1.40 bits per heavy atom. The summed E-state index contributed by atoms with van der Waals surface area (Å²) in [4.78, 5) is 3.89. The minimum Gasteiger partial charge on any atom is -0.242 e. The van der Waals surface area contributed by atoms with Gasteiger partial charge in [0.05, 0.1) is 0 Å². The number of rotatable bonds is 4. The number of nitrogens with one attached hydrogen (secondary N) is 1. The van der Waals surface area contributed by atoms with E-state index in [-0.39, 0.29) is 16.1 Å². The second kappa shape index (κ2) is 6.73. The van der Waals surface area contributed by atoms with Crippen LogP contribution >= 0.6 is 27.5 Å². The molecule has 1 aromatic heterocycles. The number of halogens is 2. The number of hydrogen-bond donors (Lipinski definition) is 1. The van der Waals surface area contributed by atoms with Gasteiger partial charge in [0.25, 0.3) is 0 Å². The average molecular weight is 382 g/mol. The van der Waals surface area contributed by atoms with Crippen molar-refractivity contribution in [1.82, 2.24) is 9.71 Å². The van der Waals surface area contributed by atoms with Gasteiger partial charge in [0.15, 0.2) is 0 Å². The van der Waals surface area contributed by atoms with Crippen LogP contribution in [0.3, 0.4) is 0 Å². The Hall–Kier alpha value is -0.170. The van der Waals surface area contributed by atoms with Gasteiger partial charge in [0, 0.05) is 16.7 Å². The van der Waals surface area contributed by atoms with E-state index in [4.69, 9.17) is 11.6 Å². The fraction of sp³-hybridized carbons (Fsp3) is 0.615. The van der Waals surface area contributed by atoms with E-state index in [1.165, 1.54) is 31.5 Å². The molecule has 0 aromatic carbocycles. The SMILES string of the molecule is CC(NS(=O)(=O)c1cc(Br)cnc1Cl)C1CCCCC1. The van der Waals surface area contributed by atoms with E-state index in [1.54, 1.807) is 0 Å². The van der Waals surface area contributed by atoms with Gasteiger partial charge in [0.1, 0.15) is 10.0 Å². The Morgan fingerprint density at radius 2 is 2.05 bits per heavy atom. The minimum absolute atomic E-state index is 0.00320. The van der Waals surface area contributed by atoms with Crippen molar-refractivity contribution in [3.05, 3.63) is 21.9 Å². The molecule has 0 amide bonds. The molecule has 1 aliphatic rings. The van der Waals surface area contributed by atoms with Crippen molar-refractivity contribution in [3.63, 3.8) is 0 Å². The lowest BCUT2D eigenvalue weighted by molar-refractivity contribution is 0.303. The first-order chi connectivity index (χ1) is 9.40. The summed E-state index contributed by atoms with van der Waals surface area (Å²) in [5.74, 6) is 0.400. The van der Waals surface area contributed by atoms with Crippen molar-refractivity contribution in [2.24, 2.45) is 5.92 Å². The molecule has 0 radical (unpaired) electrons. The van der Waals surface area contributed by atoms with Crippen LogP contribution in [0.25, 0.3) is 0 Å². The number of aromatic nitrogens is 1. The summed E-state index contributed by atoms with van der Waals surface area (Å²) >= 11 is 9.12. The van der Waals surface area contributed by atoms with E-state index < -0.39 is 10.0 Å². The van der Waals surface area contributed by atoms with Crippen LogP contribution in [0.4, 0.5) is 0 Å². The van der Waals surface area contributed by atoms with Gasteiger partial charge in [0.2, 0.25) is 10.0 Å². The minimum atomic E-state index is -3.64. The molecule has 1 aromatic rings. The Labute approximate surface area is 133 Å². The Kier molecular flexibility index (Phi) is 5.45. The Balaban J connectivity index is 2.16. The van der Waals surface area contributed by atoms with Gasteiger partial charge in [-0.05, 0) is 47.7 Å². The molecule has 0 bridgehead atoms. The molecule has 1 fully saturated rings. The molecule has 1 saturated carbocycles. The van der Waals surface area contributed by atoms with Crippen LogP contribution in [-0.4, -0.2) is 19.4 Å². The summed E-state index contributed by atoms with van der Waals surface area (Å²) < 4.78 is 28.1. The molecule has 1 N–H and O–H groups in total. The molecule has 0 aliphatic heterocycles. The molecule has 1 atom stereocenters. The molecule has 112 valence electrons. The molecule has 1 aliphatic carbocycles. The first-order valence-electron chi connectivity index (χ1n) is 6.73. The van der Waals surface area contributed by atoms with E-state index in [1.807, 2.05) is 6.92 Å². The third-order valence-corrected chi connectivity index (χ3v) is 6.18. The van der Waals surface area contributed by atoms with Crippen LogP contribution < -0.4 is 4.72 Å². The fourth-order valence-corrected chi connectivity index (χ4v) is 4.89. The van der Waals surface area contributed by atoms with Crippen LogP contribution in [0.5, 0.6) is 0 Å². The molecular weight excluding hydrogens is 364 g/mol. The van der Waals surface area contributed by atoms with Gasteiger partial charge in [-0.1, -0.05) is 30.9 Å². The largest absolute Gasteiger partial charge is 0.243 e. The van der Waals surface area contributed by atoms with Gasteiger partial charge in [-0.15, -0.1) is 0 Å². The molecule has 4 nitrogen and oxygen atoms in total. The lowest BCUT2D eigenvalue weighted by atomic mass is 9.85. The lowest BCUT2D eigenvalue weighted by Crippen LogP contribution is -2.39. The second-order valence-electron chi connectivity index (χ2n) is 5.25. The molecule has 1 heterocycles. The molecule has 20 heavy (non-hydrogen) atoms. The highest BCUT2D eigenvalue weighted by Crippen LogP contribution is 2.28. The maximum Gasteiger partial charge on any atom is 0.243 e. The van der Waals surface area contributed by atoms with Crippen LogP contribution in [-0.2, 0) is 10.0 Å². The number of pyridine rings is 1. The van der Waals surface area contributed by atoms with Gasteiger partial charge in [-0.3, -0.25) is 0 Å². The zero-order chi connectivity index (χ0) is 14.8. The zero-order valence-corrected chi connectivity index (χ0v) is 14.4. The smallest absolute Gasteiger partial charge is 0.242 e. The quantitative estimate of drug-likeness (QED) is 0.808. The number of nitrogens with zero attached hydrogens (tertiary/aromatic N) is 1. The van der Waals surface area contributed by atoms with Crippen molar-refractivity contribution < 1.29 is 8.42 Å². The van der Waals surface area contributed by atoms with E-state index in [9.17, 15) is 8.42 Å². The summed E-state index contributed by atoms with van der Waals surface area (Å²) in [6.07, 6.45) is 7.23.